The number of carbonyl (C=O) groups is 4. The van der Waals surface area contributed by atoms with Gasteiger partial charge in [-0.15, -0.1) is 0 Å². The molecule has 11 nitrogen and oxygen atoms in total. The third-order valence-electron chi connectivity index (χ3n) is 5.87. The third kappa shape index (κ3) is 14.1. The molecular formula is C29H38F3N3O8. The lowest BCUT2D eigenvalue weighted by atomic mass is 10.0. The van der Waals surface area contributed by atoms with Crippen molar-refractivity contribution in [3.05, 3.63) is 71.8 Å². The molecule has 238 valence electrons. The van der Waals surface area contributed by atoms with Crippen molar-refractivity contribution in [3.63, 3.8) is 0 Å². The molecule has 0 aliphatic heterocycles. The number of halogens is 3. The number of amides is 2. The molecule has 2 aromatic rings. The fraction of sp³-hybridized carbons (Fsp3) is 0.448. The van der Waals surface area contributed by atoms with Crippen LogP contribution in [-0.4, -0.2) is 73.0 Å². The zero-order chi connectivity index (χ0) is 32.6. The quantitative estimate of drug-likeness (QED) is 0.234. The van der Waals surface area contributed by atoms with Crippen molar-refractivity contribution in [1.29, 1.82) is 0 Å². The van der Waals surface area contributed by atoms with Crippen LogP contribution in [0, 0.1) is 5.92 Å². The highest BCUT2D eigenvalue weighted by atomic mass is 19.4. The van der Waals surface area contributed by atoms with Gasteiger partial charge in [-0.05, 0) is 24.0 Å². The fourth-order valence-corrected chi connectivity index (χ4v) is 3.29. The molecule has 5 N–H and O–H groups in total. The molecule has 0 aliphatic carbocycles. The van der Waals surface area contributed by atoms with E-state index in [2.05, 4.69) is 10.6 Å². The van der Waals surface area contributed by atoms with E-state index in [9.17, 15) is 27.6 Å². The van der Waals surface area contributed by atoms with Crippen LogP contribution in [0.1, 0.15) is 31.9 Å². The lowest BCUT2D eigenvalue weighted by molar-refractivity contribution is -0.192. The molecule has 0 spiro atoms. The fourth-order valence-electron chi connectivity index (χ4n) is 3.29. The Balaban J connectivity index is 0.00000117. The number of carbonyl (C=O) groups excluding carboxylic acids is 3. The molecule has 14 heteroatoms. The summed E-state index contributed by atoms with van der Waals surface area (Å²) in [5.41, 5.74) is 7.82. The van der Waals surface area contributed by atoms with Crippen LogP contribution in [0.3, 0.4) is 0 Å². The number of hydrogen-bond donors (Lipinski definition) is 4. The van der Waals surface area contributed by atoms with Crippen molar-refractivity contribution in [1.82, 2.24) is 10.6 Å². The van der Waals surface area contributed by atoms with E-state index < -0.39 is 54.2 Å². The van der Waals surface area contributed by atoms with E-state index in [0.717, 1.165) is 11.1 Å². The Kier molecular flexibility index (Phi) is 15.9. The standard InChI is InChI=1S/C27H37N3O6.C2HF3O2/c1-18(2)23(28)25(31)30-24(19(3)36-16-21-13-9-6-10-14-21)26(32)29-22(27(33)34-4)17-35-15-20-11-7-5-8-12-20;3-2(4,5)1(6)7/h5-14,18-19,22-24H,15-17,28H2,1-4H3,(H,29,32)(H,30,31);(H,6,7)/t19-,22+,23+,24+;/m1./s1. The SMILES string of the molecule is COC(=O)[C@H](COCc1ccccc1)NC(=O)[C@@H](NC(=O)[C@@H](N)C(C)C)[C@@H](C)OCc1ccccc1.O=C(O)C(F)(F)F. The molecule has 0 heterocycles. The monoisotopic (exact) mass is 613 g/mol. The molecule has 0 aromatic heterocycles. The number of aliphatic carboxylic acids is 1. The van der Waals surface area contributed by atoms with Crippen LogP contribution in [0.5, 0.6) is 0 Å². The Morgan fingerprint density at radius 2 is 1.35 bits per heavy atom. The van der Waals surface area contributed by atoms with E-state index in [1.165, 1.54) is 7.11 Å². The van der Waals surface area contributed by atoms with E-state index >= 15 is 0 Å². The number of esters is 1. The van der Waals surface area contributed by atoms with Crippen molar-refractivity contribution in [2.24, 2.45) is 11.7 Å². The normalized spacial score (nSPS) is 13.9. The molecule has 0 fully saturated rings. The molecule has 2 rings (SSSR count). The predicted octanol–water partition coefficient (Wildman–Crippen LogP) is 2.57. The Morgan fingerprint density at radius 3 is 1.79 bits per heavy atom. The first-order chi connectivity index (χ1) is 20.2. The molecule has 43 heavy (non-hydrogen) atoms. The number of hydrogen-bond acceptors (Lipinski definition) is 8. The largest absolute Gasteiger partial charge is 0.490 e. The molecule has 0 saturated heterocycles. The topological polar surface area (TPSA) is 166 Å². The maximum atomic E-state index is 13.3. The van der Waals surface area contributed by atoms with Gasteiger partial charge >= 0.3 is 18.1 Å². The van der Waals surface area contributed by atoms with Crippen molar-refractivity contribution >= 4 is 23.8 Å². The molecule has 0 bridgehead atoms. The summed E-state index contributed by atoms with van der Waals surface area (Å²) in [6.45, 7) is 5.67. The number of carboxylic acid groups (broad SMARTS) is 1. The second-order valence-electron chi connectivity index (χ2n) is 9.65. The van der Waals surface area contributed by atoms with Crippen LogP contribution >= 0.6 is 0 Å². The maximum absolute atomic E-state index is 13.3. The Morgan fingerprint density at radius 1 is 0.860 bits per heavy atom. The highest BCUT2D eigenvalue weighted by Crippen LogP contribution is 2.13. The van der Waals surface area contributed by atoms with Gasteiger partial charge in [0.2, 0.25) is 11.8 Å². The van der Waals surface area contributed by atoms with Crippen LogP contribution in [0.25, 0.3) is 0 Å². The highest BCUT2D eigenvalue weighted by molar-refractivity contribution is 5.92. The number of carboxylic acids is 1. The molecule has 4 atom stereocenters. The number of methoxy groups -OCH3 is 1. The minimum absolute atomic E-state index is 0.112. The van der Waals surface area contributed by atoms with Gasteiger partial charge in [0, 0.05) is 0 Å². The summed E-state index contributed by atoms with van der Waals surface area (Å²) < 4.78 is 48.1. The summed E-state index contributed by atoms with van der Waals surface area (Å²) in [6.07, 6.45) is -5.81. The number of rotatable bonds is 14. The van der Waals surface area contributed by atoms with Gasteiger partial charge in [0.25, 0.3) is 0 Å². The first-order valence-corrected chi connectivity index (χ1v) is 13.2. The van der Waals surface area contributed by atoms with Crippen molar-refractivity contribution < 1.29 is 51.7 Å². The van der Waals surface area contributed by atoms with Gasteiger partial charge in [-0.25, -0.2) is 9.59 Å². The van der Waals surface area contributed by atoms with Crippen LogP contribution in [0.15, 0.2) is 60.7 Å². The average molecular weight is 614 g/mol. The summed E-state index contributed by atoms with van der Waals surface area (Å²) >= 11 is 0. The van der Waals surface area contributed by atoms with Crippen LogP contribution < -0.4 is 16.4 Å². The summed E-state index contributed by atoms with van der Waals surface area (Å²) in [5, 5.41) is 12.4. The first kappa shape index (κ1) is 37.0. The third-order valence-corrected chi connectivity index (χ3v) is 5.87. The summed E-state index contributed by atoms with van der Waals surface area (Å²) in [5.74, 6) is -4.66. The zero-order valence-corrected chi connectivity index (χ0v) is 24.3. The van der Waals surface area contributed by atoms with E-state index in [1.807, 2.05) is 74.5 Å². The number of ether oxygens (including phenoxy) is 3. The lowest BCUT2D eigenvalue weighted by Crippen LogP contribution is -2.59. The Labute approximate surface area is 247 Å². The maximum Gasteiger partial charge on any atom is 0.490 e. The van der Waals surface area contributed by atoms with Gasteiger partial charge in [-0.3, -0.25) is 9.59 Å². The van der Waals surface area contributed by atoms with Gasteiger partial charge in [-0.1, -0.05) is 74.5 Å². The Bertz CT molecular complexity index is 1150. The molecule has 0 unspecified atom stereocenters. The van der Waals surface area contributed by atoms with Gasteiger partial charge in [-0.2, -0.15) is 13.2 Å². The Hall–Kier alpha value is -4.01. The van der Waals surface area contributed by atoms with Crippen molar-refractivity contribution in [3.8, 4) is 0 Å². The summed E-state index contributed by atoms with van der Waals surface area (Å²) in [7, 11) is 1.23. The summed E-state index contributed by atoms with van der Waals surface area (Å²) in [4.78, 5) is 47.2. The van der Waals surface area contributed by atoms with E-state index in [-0.39, 0.29) is 25.7 Å². The number of alkyl halides is 3. The van der Waals surface area contributed by atoms with Crippen molar-refractivity contribution in [2.75, 3.05) is 13.7 Å². The second-order valence-corrected chi connectivity index (χ2v) is 9.65. The van der Waals surface area contributed by atoms with Crippen LogP contribution in [0.4, 0.5) is 13.2 Å². The highest BCUT2D eigenvalue weighted by Gasteiger charge is 2.38. The zero-order valence-electron chi connectivity index (χ0n) is 24.3. The molecule has 2 amide bonds. The molecular weight excluding hydrogens is 575 g/mol. The summed E-state index contributed by atoms with van der Waals surface area (Å²) in [6, 6.07) is 15.9. The molecule has 2 aromatic carbocycles. The first-order valence-electron chi connectivity index (χ1n) is 13.2. The molecule has 0 aliphatic rings. The molecule has 0 saturated carbocycles. The molecule has 0 radical (unpaired) electrons. The average Bonchev–Trinajstić information content (AvgIpc) is 2.97. The minimum Gasteiger partial charge on any atom is -0.475 e. The minimum atomic E-state index is -5.08. The smallest absolute Gasteiger partial charge is 0.475 e. The van der Waals surface area contributed by atoms with Crippen LogP contribution in [-0.2, 0) is 46.6 Å². The van der Waals surface area contributed by atoms with Crippen LogP contribution in [0.2, 0.25) is 0 Å². The number of nitrogens with two attached hydrogens (primary N) is 1. The van der Waals surface area contributed by atoms with E-state index in [0.29, 0.717) is 0 Å². The lowest BCUT2D eigenvalue weighted by Gasteiger charge is -2.28. The number of benzene rings is 2. The second kappa shape index (κ2) is 18.5. The predicted molar refractivity (Wildman–Crippen MR) is 149 cm³/mol. The van der Waals surface area contributed by atoms with Gasteiger partial charge in [0.15, 0.2) is 6.04 Å². The van der Waals surface area contributed by atoms with Gasteiger partial charge in [0.05, 0.1) is 39.1 Å². The van der Waals surface area contributed by atoms with Gasteiger partial charge < -0.3 is 35.7 Å². The van der Waals surface area contributed by atoms with E-state index in [1.54, 1.807) is 6.92 Å². The van der Waals surface area contributed by atoms with Gasteiger partial charge in [0.1, 0.15) is 6.04 Å². The number of nitrogens with one attached hydrogen (secondary N) is 2. The van der Waals surface area contributed by atoms with Crippen molar-refractivity contribution in [2.45, 2.75) is 64.4 Å². The van der Waals surface area contributed by atoms with E-state index in [4.69, 9.17) is 29.8 Å².